The van der Waals surface area contributed by atoms with Gasteiger partial charge >= 0.3 is 0 Å². The summed E-state index contributed by atoms with van der Waals surface area (Å²) < 4.78 is 0. The van der Waals surface area contributed by atoms with Crippen LogP contribution >= 0.6 is 0 Å². The highest BCUT2D eigenvalue weighted by atomic mass is 14.5. The summed E-state index contributed by atoms with van der Waals surface area (Å²) >= 11 is 0. The van der Waals surface area contributed by atoms with E-state index in [1.807, 2.05) is 5.57 Å². The van der Waals surface area contributed by atoms with Crippen molar-refractivity contribution in [2.75, 3.05) is 0 Å². The Morgan fingerprint density at radius 3 is 2.06 bits per heavy atom. The maximum atomic E-state index is 2.58. The second kappa shape index (κ2) is 4.14. The molecule has 0 heteroatoms. The molecule has 3 saturated carbocycles. The van der Waals surface area contributed by atoms with E-state index in [9.17, 15) is 0 Å². The molecule has 0 nitrogen and oxygen atoms in total. The second-order valence-corrected chi connectivity index (χ2v) is 7.21. The molecular weight excluding hydrogens is 204 g/mol. The molecule has 1 unspecified atom stereocenters. The molecule has 0 radical (unpaired) electrons. The Kier molecular flexibility index (Phi) is 2.59. The van der Waals surface area contributed by atoms with Crippen LogP contribution in [0.15, 0.2) is 11.6 Å². The Balaban J connectivity index is 1.30. The molecule has 0 spiro atoms. The van der Waals surface area contributed by atoms with Gasteiger partial charge in [0, 0.05) is 0 Å². The Morgan fingerprint density at radius 1 is 0.765 bits per heavy atom. The Bertz CT molecular complexity index is 311. The predicted molar refractivity (Wildman–Crippen MR) is 71.7 cm³/mol. The molecule has 0 amide bonds. The molecule has 0 aromatic carbocycles. The minimum absolute atomic E-state index is 1.04. The van der Waals surface area contributed by atoms with Gasteiger partial charge in [0.1, 0.15) is 0 Å². The van der Waals surface area contributed by atoms with Crippen LogP contribution in [0, 0.1) is 29.6 Å². The van der Waals surface area contributed by atoms with Crippen molar-refractivity contribution in [3.63, 3.8) is 0 Å². The van der Waals surface area contributed by atoms with E-state index in [4.69, 9.17) is 0 Å². The van der Waals surface area contributed by atoms with Crippen LogP contribution < -0.4 is 0 Å². The highest BCUT2D eigenvalue weighted by Crippen LogP contribution is 2.55. The van der Waals surface area contributed by atoms with Gasteiger partial charge in [0.05, 0.1) is 0 Å². The summed E-state index contributed by atoms with van der Waals surface area (Å²) in [6.07, 6.45) is 17.9. The molecule has 0 N–H and O–H groups in total. The van der Waals surface area contributed by atoms with Gasteiger partial charge in [0.2, 0.25) is 0 Å². The first-order valence-electron chi connectivity index (χ1n) is 8.12. The summed E-state index contributed by atoms with van der Waals surface area (Å²) in [5.74, 6) is 5.49. The van der Waals surface area contributed by atoms with E-state index in [0.29, 0.717) is 0 Å². The average Bonchev–Trinajstić information content (AvgIpc) is 2.66. The van der Waals surface area contributed by atoms with Gasteiger partial charge in [-0.05, 0) is 61.7 Å². The standard InChI is InChI=1S/C17H26/c1-2-5-12(4-1)14-10-15(11-14)17-9-8-16(17)13-6-3-7-13/h8,12-15,17H,1-7,9-11H2. The zero-order chi connectivity index (χ0) is 11.2. The fraction of sp³-hybridized carbons (Fsp3) is 0.882. The van der Waals surface area contributed by atoms with Crippen molar-refractivity contribution >= 4 is 0 Å². The summed E-state index contributed by atoms with van der Waals surface area (Å²) in [6.45, 7) is 0. The largest absolute Gasteiger partial charge is 0.0841 e. The highest BCUT2D eigenvalue weighted by Gasteiger charge is 2.44. The molecule has 4 aliphatic carbocycles. The van der Waals surface area contributed by atoms with E-state index in [1.165, 1.54) is 38.5 Å². The third-order valence-electron chi connectivity index (χ3n) is 6.46. The Hall–Kier alpha value is -0.260. The molecule has 0 bridgehead atoms. The van der Waals surface area contributed by atoms with E-state index in [0.717, 1.165) is 29.6 Å². The quantitative estimate of drug-likeness (QED) is 0.602. The van der Waals surface area contributed by atoms with E-state index in [1.54, 1.807) is 25.7 Å². The number of allylic oxidation sites excluding steroid dienone is 2. The van der Waals surface area contributed by atoms with E-state index in [2.05, 4.69) is 6.08 Å². The molecule has 4 aliphatic rings. The summed E-state index contributed by atoms with van der Waals surface area (Å²) in [5, 5.41) is 0. The second-order valence-electron chi connectivity index (χ2n) is 7.21. The number of hydrogen-bond acceptors (Lipinski definition) is 0. The molecular formula is C17H26. The first-order valence-corrected chi connectivity index (χ1v) is 8.12. The fourth-order valence-corrected chi connectivity index (χ4v) is 4.92. The van der Waals surface area contributed by atoms with E-state index >= 15 is 0 Å². The minimum atomic E-state index is 1.04. The highest BCUT2D eigenvalue weighted by molar-refractivity contribution is 5.24. The Morgan fingerprint density at radius 2 is 1.53 bits per heavy atom. The molecule has 3 fully saturated rings. The minimum Gasteiger partial charge on any atom is -0.0841 e. The lowest BCUT2D eigenvalue weighted by atomic mass is 9.56. The topological polar surface area (TPSA) is 0 Å². The van der Waals surface area contributed by atoms with Crippen LogP contribution in [0.2, 0.25) is 0 Å². The van der Waals surface area contributed by atoms with Gasteiger partial charge in [-0.2, -0.15) is 0 Å². The summed E-state index contributed by atoms with van der Waals surface area (Å²) in [4.78, 5) is 0. The lowest BCUT2D eigenvalue weighted by Gasteiger charge is -2.49. The van der Waals surface area contributed by atoms with Crippen LogP contribution in [0.3, 0.4) is 0 Å². The van der Waals surface area contributed by atoms with Gasteiger partial charge in [-0.1, -0.05) is 43.8 Å². The van der Waals surface area contributed by atoms with E-state index < -0.39 is 0 Å². The zero-order valence-corrected chi connectivity index (χ0v) is 11.0. The SMILES string of the molecule is C1=C(C2CCC2)C(C2CC(C3CCCC3)C2)C1. The van der Waals surface area contributed by atoms with Crippen LogP contribution in [-0.2, 0) is 0 Å². The van der Waals surface area contributed by atoms with Crippen LogP contribution in [0.4, 0.5) is 0 Å². The van der Waals surface area contributed by atoms with Crippen molar-refractivity contribution in [1.29, 1.82) is 0 Å². The van der Waals surface area contributed by atoms with Crippen LogP contribution in [-0.4, -0.2) is 0 Å². The van der Waals surface area contributed by atoms with Crippen LogP contribution in [0.5, 0.6) is 0 Å². The van der Waals surface area contributed by atoms with Gasteiger partial charge in [-0.15, -0.1) is 0 Å². The van der Waals surface area contributed by atoms with Crippen molar-refractivity contribution in [2.24, 2.45) is 29.6 Å². The molecule has 0 aromatic rings. The van der Waals surface area contributed by atoms with Gasteiger partial charge in [0.25, 0.3) is 0 Å². The molecule has 17 heavy (non-hydrogen) atoms. The third-order valence-corrected chi connectivity index (χ3v) is 6.46. The van der Waals surface area contributed by atoms with Crippen molar-refractivity contribution < 1.29 is 0 Å². The normalized spacial score (nSPS) is 42.6. The molecule has 0 aliphatic heterocycles. The first kappa shape index (κ1) is 10.6. The van der Waals surface area contributed by atoms with Crippen LogP contribution in [0.25, 0.3) is 0 Å². The maximum Gasteiger partial charge on any atom is -0.0137 e. The maximum absolute atomic E-state index is 2.58. The average molecular weight is 230 g/mol. The molecule has 0 heterocycles. The molecule has 94 valence electrons. The smallest absolute Gasteiger partial charge is 0.0137 e. The number of rotatable bonds is 3. The monoisotopic (exact) mass is 230 g/mol. The third kappa shape index (κ3) is 1.71. The van der Waals surface area contributed by atoms with Gasteiger partial charge < -0.3 is 0 Å². The van der Waals surface area contributed by atoms with Crippen molar-refractivity contribution in [1.82, 2.24) is 0 Å². The first-order chi connectivity index (χ1) is 8.42. The van der Waals surface area contributed by atoms with Crippen molar-refractivity contribution in [3.8, 4) is 0 Å². The van der Waals surface area contributed by atoms with E-state index in [-0.39, 0.29) is 0 Å². The molecule has 0 aromatic heterocycles. The lowest BCUT2D eigenvalue weighted by molar-refractivity contribution is 0.0754. The summed E-state index contributed by atoms with van der Waals surface area (Å²) in [7, 11) is 0. The number of hydrogen-bond donors (Lipinski definition) is 0. The van der Waals surface area contributed by atoms with Gasteiger partial charge in [-0.25, -0.2) is 0 Å². The van der Waals surface area contributed by atoms with Crippen molar-refractivity contribution in [2.45, 2.75) is 64.2 Å². The van der Waals surface area contributed by atoms with Crippen molar-refractivity contribution in [3.05, 3.63) is 11.6 Å². The summed E-state index contributed by atoms with van der Waals surface area (Å²) in [5.41, 5.74) is 1.91. The summed E-state index contributed by atoms with van der Waals surface area (Å²) in [6, 6.07) is 0. The van der Waals surface area contributed by atoms with Gasteiger partial charge in [0.15, 0.2) is 0 Å². The van der Waals surface area contributed by atoms with Crippen LogP contribution in [0.1, 0.15) is 64.2 Å². The molecule has 0 saturated heterocycles. The predicted octanol–water partition coefficient (Wildman–Crippen LogP) is 4.95. The van der Waals surface area contributed by atoms with Gasteiger partial charge in [-0.3, -0.25) is 0 Å². The fourth-order valence-electron chi connectivity index (χ4n) is 4.92. The molecule has 1 atom stereocenters. The molecule has 4 rings (SSSR count). The zero-order valence-electron chi connectivity index (χ0n) is 11.0. The Labute approximate surface area is 106 Å². The lowest BCUT2D eigenvalue weighted by Crippen LogP contribution is -2.39.